The predicted octanol–water partition coefficient (Wildman–Crippen LogP) is -1.27. The number of aliphatic hydroxyl groups is 1. The van der Waals surface area contributed by atoms with Gasteiger partial charge in [0.1, 0.15) is 0 Å². The maximum atomic E-state index is 12.2. The van der Waals surface area contributed by atoms with Crippen molar-refractivity contribution in [1.29, 1.82) is 0 Å². The number of alkyl halides is 1. The van der Waals surface area contributed by atoms with Gasteiger partial charge in [-0.25, -0.2) is 12.8 Å². The van der Waals surface area contributed by atoms with E-state index < -0.39 is 6.17 Å². The normalized spacial score (nSPS) is 12.8. The third-order valence-electron chi connectivity index (χ3n) is 1.26. The zero-order chi connectivity index (χ0) is 7.98. The Balaban J connectivity index is 0. The SMILES string of the molecule is [CH2-]CC[C-](CO)C[C@@H]([CH2-])F.[Na+]. The first-order valence-electron chi connectivity index (χ1n) is 3.41. The van der Waals surface area contributed by atoms with Crippen molar-refractivity contribution in [3.63, 3.8) is 0 Å². The van der Waals surface area contributed by atoms with Crippen LogP contribution in [0.5, 0.6) is 0 Å². The molecule has 0 aliphatic carbocycles. The second-order valence-corrected chi connectivity index (χ2v) is 2.31. The van der Waals surface area contributed by atoms with Crippen LogP contribution in [0.4, 0.5) is 4.39 Å². The van der Waals surface area contributed by atoms with Crippen LogP contribution in [-0.2, 0) is 0 Å². The quantitative estimate of drug-likeness (QED) is 0.401. The molecule has 1 nitrogen and oxygen atoms in total. The van der Waals surface area contributed by atoms with Gasteiger partial charge in [-0.2, -0.15) is 6.42 Å². The Morgan fingerprint density at radius 1 is 1.55 bits per heavy atom. The average molecular weight is 168 g/mol. The van der Waals surface area contributed by atoms with Gasteiger partial charge in [0, 0.05) is 0 Å². The molecule has 0 saturated heterocycles. The predicted molar refractivity (Wildman–Crippen MR) is 39.8 cm³/mol. The minimum atomic E-state index is -1.09. The van der Waals surface area contributed by atoms with E-state index in [1.165, 1.54) is 0 Å². The van der Waals surface area contributed by atoms with Crippen molar-refractivity contribution in [1.82, 2.24) is 0 Å². The molecule has 0 fully saturated rings. The van der Waals surface area contributed by atoms with E-state index in [4.69, 9.17) is 5.11 Å². The number of rotatable bonds is 5. The summed E-state index contributed by atoms with van der Waals surface area (Å²) in [4.78, 5) is 0. The molecule has 0 heterocycles. The molecular weight excluding hydrogens is 154 g/mol. The molecule has 3 heteroatoms. The van der Waals surface area contributed by atoms with Crippen LogP contribution in [0.3, 0.4) is 0 Å². The average Bonchev–Trinajstić information content (AvgIpc) is 1.86. The second kappa shape index (κ2) is 8.98. The molecule has 62 valence electrons. The minimum absolute atomic E-state index is 0. The van der Waals surface area contributed by atoms with Crippen LogP contribution in [0.25, 0.3) is 0 Å². The van der Waals surface area contributed by atoms with Gasteiger partial charge in [-0.3, -0.25) is 10.3 Å². The summed E-state index contributed by atoms with van der Waals surface area (Å²) >= 11 is 0. The van der Waals surface area contributed by atoms with Crippen LogP contribution in [0.1, 0.15) is 19.3 Å². The van der Waals surface area contributed by atoms with E-state index >= 15 is 0 Å². The molecule has 0 amide bonds. The van der Waals surface area contributed by atoms with Crippen LogP contribution in [-0.4, -0.2) is 17.9 Å². The van der Waals surface area contributed by atoms with Gasteiger partial charge in [-0.1, -0.05) is 12.8 Å². The molecule has 0 saturated carbocycles. The molecule has 0 bridgehead atoms. The summed E-state index contributed by atoms with van der Waals surface area (Å²) < 4.78 is 12.2. The molecule has 0 rings (SSSR count). The van der Waals surface area contributed by atoms with E-state index in [1.54, 1.807) is 0 Å². The van der Waals surface area contributed by atoms with Crippen LogP contribution in [0.15, 0.2) is 0 Å². The summed E-state index contributed by atoms with van der Waals surface area (Å²) in [7, 11) is 0. The summed E-state index contributed by atoms with van der Waals surface area (Å²) in [5.41, 5.74) is 0. The molecule has 0 aliphatic heterocycles. The number of hydrogen-bond acceptors (Lipinski definition) is 1. The van der Waals surface area contributed by atoms with Crippen molar-refractivity contribution in [3.05, 3.63) is 19.8 Å². The standard InChI is InChI=1S/C8H14FO.Na/c1-3-4-8(6-10)5-7(2)9;/h7,10H,1-6H2;/q-3;+1/t7-;/m1./s1. The van der Waals surface area contributed by atoms with Crippen LogP contribution < -0.4 is 29.6 Å². The summed E-state index contributed by atoms with van der Waals surface area (Å²) in [6, 6.07) is 0. The molecule has 11 heavy (non-hydrogen) atoms. The van der Waals surface area contributed by atoms with E-state index in [0.29, 0.717) is 12.8 Å². The molecular formula is C8H14FNaO-2. The van der Waals surface area contributed by atoms with Gasteiger partial charge < -0.3 is 19.0 Å². The zero-order valence-electron chi connectivity index (χ0n) is 7.15. The zero-order valence-corrected chi connectivity index (χ0v) is 9.15. The van der Waals surface area contributed by atoms with E-state index in [2.05, 4.69) is 13.8 Å². The molecule has 1 atom stereocenters. The maximum absolute atomic E-state index is 12.2. The maximum Gasteiger partial charge on any atom is 1.00 e. The van der Waals surface area contributed by atoms with Gasteiger partial charge in [0.05, 0.1) is 0 Å². The smallest absolute Gasteiger partial charge is 0.428 e. The van der Waals surface area contributed by atoms with Crippen LogP contribution >= 0.6 is 0 Å². The third kappa shape index (κ3) is 8.80. The molecule has 0 radical (unpaired) electrons. The molecule has 0 aromatic rings. The van der Waals surface area contributed by atoms with E-state index in [1.807, 2.05) is 0 Å². The Labute approximate surface area is 90.7 Å². The molecule has 1 N–H and O–H groups in total. The minimum Gasteiger partial charge on any atom is -0.428 e. The number of halogens is 1. The summed E-state index contributed by atoms with van der Waals surface area (Å²) in [5.74, 6) is 0.803. The molecule has 0 spiro atoms. The Bertz CT molecular complexity index is 78.5. The Kier molecular flexibility index (Phi) is 11.8. The van der Waals surface area contributed by atoms with Gasteiger partial charge in [0.25, 0.3) is 0 Å². The van der Waals surface area contributed by atoms with Crippen LogP contribution in [0.2, 0.25) is 0 Å². The van der Waals surface area contributed by atoms with Gasteiger partial charge in [0.15, 0.2) is 0 Å². The van der Waals surface area contributed by atoms with Crippen molar-refractivity contribution >= 4 is 0 Å². The largest absolute Gasteiger partial charge is 1.00 e. The number of hydrogen-bond donors (Lipinski definition) is 1. The topological polar surface area (TPSA) is 20.2 Å². The Hall–Kier alpha value is 0.890. The van der Waals surface area contributed by atoms with Crippen LogP contribution in [0, 0.1) is 19.8 Å². The summed E-state index contributed by atoms with van der Waals surface area (Å²) in [6.07, 6.45) is 0.592. The van der Waals surface area contributed by atoms with Crippen molar-refractivity contribution in [2.45, 2.75) is 25.4 Å². The summed E-state index contributed by atoms with van der Waals surface area (Å²) in [5, 5.41) is 8.65. The van der Waals surface area contributed by atoms with E-state index in [0.717, 1.165) is 5.92 Å². The first-order chi connectivity index (χ1) is 4.70. The number of aliphatic hydroxyl groups excluding tert-OH is 1. The van der Waals surface area contributed by atoms with Crippen molar-refractivity contribution in [2.75, 3.05) is 6.61 Å². The van der Waals surface area contributed by atoms with Gasteiger partial charge in [-0.15, -0.1) is 0 Å². The van der Waals surface area contributed by atoms with Crippen molar-refractivity contribution in [3.8, 4) is 0 Å². The Morgan fingerprint density at radius 2 is 2.09 bits per heavy atom. The monoisotopic (exact) mass is 168 g/mol. The van der Waals surface area contributed by atoms with Gasteiger partial charge >= 0.3 is 29.6 Å². The molecule has 0 aromatic carbocycles. The molecule has 0 aromatic heterocycles. The molecule has 0 aliphatic rings. The Morgan fingerprint density at radius 3 is 2.36 bits per heavy atom. The fourth-order valence-electron chi connectivity index (χ4n) is 0.809. The first kappa shape index (κ1) is 14.4. The molecule has 0 unspecified atom stereocenters. The summed E-state index contributed by atoms with van der Waals surface area (Å²) in [6.45, 7) is 6.76. The van der Waals surface area contributed by atoms with E-state index in [9.17, 15) is 4.39 Å². The fraction of sp³-hybridized carbons (Fsp3) is 0.625. The first-order valence-corrected chi connectivity index (χ1v) is 3.41. The van der Waals surface area contributed by atoms with Gasteiger partial charge in [0.2, 0.25) is 0 Å². The van der Waals surface area contributed by atoms with E-state index in [-0.39, 0.29) is 42.6 Å². The third-order valence-corrected chi connectivity index (χ3v) is 1.26. The fourth-order valence-corrected chi connectivity index (χ4v) is 0.809. The van der Waals surface area contributed by atoms with Crippen molar-refractivity contribution < 1.29 is 39.1 Å². The van der Waals surface area contributed by atoms with Gasteiger partial charge in [-0.05, 0) is 0 Å². The second-order valence-electron chi connectivity index (χ2n) is 2.31. The van der Waals surface area contributed by atoms with Crippen molar-refractivity contribution in [2.24, 2.45) is 0 Å².